The van der Waals surface area contributed by atoms with Crippen LogP contribution < -0.4 is 26.2 Å². The molecule has 11 rings (SSSR count). The fraction of sp³-hybridized carbons (Fsp3) is 0.298. The summed E-state index contributed by atoms with van der Waals surface area (Å²) in [6.45, 7) is 18.0. The van der Waals surface area contributed by atoms with Gasteiger partial charge in [0.25, 0.3) is 5.91 Å². The predicted molar refractivity (Wildman–Crippen MR) is 299 cm³/mol. The van der Waals surface area contributed by atoms with E-state index in [0.717, 1.165) is 66.5 Å². The number of halogens is 2. The standard InChI is InChI=1S/C30H30F2N6O3.C27H27N7O2S/c1-6-23(40)36-12-13-37(18(5)15-36)28-19-14-21(32)26(24-20(31)8-7-9-22(24)39)34-29(19)38(30(41)35-28)27-17(4)10-11-33-25(27)16(2)3;1-17-14-29-18(15-28-17)16-30-26(36)23-24(35)19-8-9-22(33-11-5-10-32(2)12-13-33)31-25(19)34-20-6-3-4-7-21(20)37-27(23)34/h6-11,14,16,18,39H,1,12-13,15H2,2-5H3;3-4,6-9,14-15H,5,10-13,16H2,1-2H3,(H,30,36). The van der Waals surface area contributed by atoms with E-state index in [0.29, 0.717) is 58.1 Å². The summed E-state index contributed by atoms with van der Waals surface area (Å²) < 4.78 is 34.9. The molecule has 7 aromatic heterocycles. The Morgan fingerprint density at radius 2 is 1.69 bits per heavy atom. The highest BCUT2D eigenvalue weighted by atomic mass is 32.1. The lowest BCUT2D eigenvalue weighted by molar-refractivity contribution is -0.126. The third kappa shape index (κ3) is 10.0. The molecule has 2 N–H and O–H groups in total. The van der Waals surface area contributed by atoms with Crippen LogP contribution in [0.5, 0.6) is 5.75 Å². The smallest absolute Gasteiger partial charge is 0.355 e. The molecule has 400 valence electrons. The minimum atomic E-state index is -0.897. The summed E-state index contributed by atoms with van der Waals surface area (Å²) >= 11 is 1.43. The Bertz CT molecular complexity index is 3940. The van der Waals surface area contributed by atoms with Crippen LogP contribution in [0.4, 0.5) is 20.4 Å². The van der Waals surface area contributed by atoms with Crippen LogP contribution in [0.1, 0.15) is 66.1 Å². The Labute approximate surface area is 451 Å². The molecule has 21 heteroatoms. The number of fused-ring (bicyclic) bond motifs is 6. The maximum Gasteiger partial charge on any atom is 0.355 e. The van der Waals surface area contributed by atoms with Gasteiger partial charge in [-0.15, -0.1) is 11.3 Å². The molecule has 9 aromatic rings. The highest BCUT2D eigenvalue weighted by Crippen LogP contribution is 2.37. The van der Waals surface area contributed by atoms with E-state index in [2.05, 4.69) is 53.7 Å². The number of anilines is 2. The van der Waals surface area contributed by atoms with Crippen LogP contribution in [0.15, 0.2) is 108 Å². The molecule has 0 spiro atoms. The zero-order valence-corrected chi connectivity index (χ0v) is 44.8. The SMILES string of the molecule is C=CC(=O)N1CCN(c2nc(=O)n(-c3c(C)ccnc3C(C)C)c3nc(-c4c(O)cccc4F)c(F)cc23)C(C)C1.Cc1cnc(CNC(=O)c2c(=O)c3ccc(N4CCCN(C)CC4)nc3n3c2sc2ccccc23)cn1. The molecule has 2 saturated heterocycles. The van der Waals surface area contributed by atoms with Gasteiger partial charge in [0.1, 0.15) is 39.3 Å². The van der Waals surface area contributed by atoms with Crippen molar-refractivity contribution in [3.63, 3.8) is 0 Å². The molecular weight excluding hydrogens is 1020 g/mol. The molecular formula is C57H57F2N13O5S. The van der Waals surface area contributed by atoms with Crippen LogP contribution in [-0.2, 0) is 11.3 Å². The number of likely N-dealkylation sites (N-methyl/N-ethyl adjacent to an activating group) is 1. The van der Waals surface area contributed by atoms with Gasteiger partial charge in [-0.3, -0.25) is 33.7 Å². The quantitative estimate of drug-likeness (QED) is 0.133. The number of benzene rings is 2. The maximum absolute atomic E-state index is 15.8. The molecule has 1 unspecified atom stereocenters. The molecule has 2 aliphatic rings. The van der Waals surface area contributed by atoms with Gasteiger partial charge >= 0.3 is 5.69 Å². The van der Waals surface area contributed by atoms with E-state index in [1.807, 2.05) is 80.3 Å². The fourth-order valence-electron chi connectivity index (χ4n) is 10.1. The normalized spacial score (nSPS) is 15.2. The summed E-state index contributed by atoms with van der Waals surface area (Å²) in [4.78, 5) is 88.9. The highest BCUT2D eigenvalue weighted by Gasteiger charge is 2.32. The van der Waals surface area contributed by atoms with E-state index >= 15 is 4.39 Å². The van der Waals surface area contributed by atoms with Gasteiger partial charge in [-0.25, -0.2) is 28.1 Å². The number of nitrogens with one attached hydrogen (secondary N) is 1. The average molecular weight is 1070 g/mol. The van der Waals surface area contributed by atoms with Gasteiger partial charge in [0, 0.05) is 57.7 Å². The number of piperazine rings is 1. The van der Waals surface area contributed by atoms with Crippen molar-refractivity contribution < 1.29 is 23.5 Å². The van der Waals surface area contributed by atoms with Crippen LogP contribution in [0, 0.1) is 25.5 Å². The average Bonchev–Trinajstić information content (AvgIpc) is 3.69. The topological polar surface area (TPSA) is 200 Å². The van der Waals surface area contributed by atoms with Crippen LogP contribution in [-0.4, -0.2) is 124 Å². The number of phenols is 1. The molecule has 2 fully saturated rings. The summed E-state index contributed by atoms with van der Waals surface area (Å²) in [6.07, 6.45) is 7.23. The first kappa shape index (κ1) is 52.9. The van der Waals surface area contributed by atoms with Crippen molar-refractivity contribution in [3.8, 4) is 22.7 Å². The number of rotatable bonds is 9. The van der Waals surface area contributed by atoms with Gasteiger partial charge < -0.3 is 30.0 Å². The highest BCUT2D eigenvalue weighted by molar-refractivity contribution is 7.24. The van der Waals surface area contributed by atoms with Gasteiger partial charge in [0.15, 0.2) is 17.1 Å². The molecule has 0 radical (unpaired) electrons. The van der Waals surface area contributed by atoms with Gasteiger partial charge in [-0.1, -0.05) is 38.6 Å². The molecule has 9 heterocycles. The lowest BCUT2D eigenvalue weighted by Gasteiger charge is -2.40. The number of nitrogens with zero attached hydrogens (tertiary/aromatic N) is 12. The molecule has 1 atom stereocenters. The van der Waals surface area contributed by atoms with Crippen LogP contribution in [0.2, 0.25) is 0 Å². The Morgan fingerprint density at radius 3 is 2.44 bits per heavy atom. The second-order valence-electron chi connectivity index (χ2n) is 19.9. The lowest BCUT2D eigenvalue weighted by Crippen LogP contribution is -2.54. The number of para-hydroxylation sites is 1. The number of aromatic hydroxyl groups is 1. The van der Waals surface area contributed by atoms with Gasteiger partial charge in [-0.2, -0.15) is 4.98 Å². The van der Waals surface area contributed by atoms with E-state index in [1.165, 1.54) is 34.1 Å². The number of aromatic nitrogens is 8. The van der Waals surface area contributed by atoms with Crippen molar-refractivity contribution in [2.24, 2.45) is 0 Å². The number of pyridine rings is 4. The van der Waals surface area contributed by atoms with Gasteiger partial charge in [0.2, 0.25) is 11.3 Å². The van der Waals surface area contributed by atoms with E-state index in [1.54, 1.807) is 29.6 Å². The third-order valence-electron chi connectivity index (χ3n) is 14.1. The lowest BCUT2D eigenvalue weighted by atomic mass is 10.0. The Morgan fingerprint density at radius 1 is 0.885 bits per heavy atom. The summed E-state index contributed by atoms with van der Waals surface area (Å²) in [5, 5.41) is 14.0. The summed E-state index contributed by atoms with van der Waals surface area (Å²) in [5.41, 5.74) is 3.01. The number of hydrogen-bond acceptors (Lipinski definition) is 15. The van der Waals surface area contributed by atoms with E-state index in [9.17, 15) is 28.7 Å². The number of thiazole rings is 1. The van der Waals surface area contributed by atoms with Crippen molar-refractivity contribution >= 4 is 71.9 Å². The first-order chi connectivity index (χ1) is 37.5. The zero-order valence-electron chi connectivity index (χ0n) is 44.0. The number of phenolic OH excluding ortho intramolecular Hbond substituents is 1. The number of hydrogen-bond donors (Lipinski definition) is 2. The second-order valence-corrected chi connectivity index (χ2v) is 20.9. The van der Waals surface area contributed by atoms with Crippen LogP contribution >= 0.6 is 11.3 Å². The van der Waals surface area contributed by atoms with Crippen molar-refractivity contribution in [1.29, 1.82) is 0 Å². The first-order valence-electron chi connectivity index (χ1n) is 25.6. The molecule has 18 nitrogen and oxygen atoms in total. The van der Waals surface area contributed by atoms with Gasteiger partial charge in [-0.05, 0) is 107 Å². The second kappa shape index (κ2) is 21.8. The van der Waals surface area contributed by atoms with E-state index in [4.69, 9.17) is 4.98 Å². The third-order valence-corrected chi connectivity index (χ3v) is 15.3. The Hall–Kier alpha value is -8.56. The van der Waals surface area contributed by atoms with E-state index < -0.39 is 40.2 Å². The molecule has 0 aliphatic carbocycles. The predicted octanol–water partition coefficient (Wildman–Crippen LogP) is 7.71. The number of carbonyl (C=O) groups excluding carboxylic acids is 2. The largest absolute Gasteiger partial charge is 0.507 e. The number of carbonyl (C=O) groups is 2. The molecule has 2 aromatic carbocycles. The van der Waals surface area contributed by atoms with Crippen molar-refractivity contribution in [2.45, 2.75) is 59.5 Å². The zero-order chi connectivity index (χ0) is 55.1. The summed E-state index contributed by atoms with van der Waals surface area (Å²) in [7, 11) is 2.13. The minimum Gasteiger partial charge on any atom is -0.507 e. The van der Waals surface area contributed by atoms with Crippen molar-refractivity contribution in [3.05, 3.63) is 159 Å². The fourth-order valence-corrected chi connectivity index (χ4v) is 11.3. The summed E-state index contributed by atoms with van der Waals surface area (Å²) in [5.74, 6) is -1.93. The maximum atomic E-state index is 15.8. The van der Waals surface area contributed by atoms with Crippen LogP contribution in [0.3, 0.4) is 0 Å². The molecule has 0 saturated carbocycles. The summed E-state index contributed by atoms with van der Waals surface area (Å²) in [6, 6.07) is 17.9. The Balaban J connectivity index is 0.000000177. The van der Waals surface area contributed by atoms with Crippen molar-refractivity contribution in [2.75, 3.05) is 62.7 Å². The van der Waals surface area contributed by atoms with Gasteiger partial charge in [0.05, 0.1) is 62.1 Å². The number of aryl methyl sites for hydroxylation is 2. The first-order valence-corrected chi connectivity index (χ1v) is 26.5. The monoisotopic (exact) mass is 1070 g/mol. The Kier molecular flexibility index (Phi) is 14.8. The van der Waals surface area contributed by atoms with E-state index in [-0.39, 0.29) is 52.3 Å². The minimum absolute atomic E-state index is 0.0360. The molecule has 2 aliphatic heterocycles. The molecule has 2 amide bonds. The molecule has 0 bridgehead atoms. The van der Waals surface area contributed by atoms with Crippen molar-refractivity contribution in [1.82, 2.24) is 54.0 Å². The molecule has 78 heavy (non-hydrogen) atoms. The number of amides is 2. The van der Waals surface area contributed by atoms with Crippen LogP contribution in [0.25, 0.3) is 54.1 Å².